The van der Waals surface area contributed by atoms with Gasteiger partial charge in [-0.25, -0.2) is 0 Å². The monoisotopic (exact) mass is 241 g/mol. The number of hydrogen-bond acceptors (Lipinski definition) is 3. The van der Waals surface area contributed by atoms with Crippen molar-refractivity contribution in [1.82, 2.24) is 9.80 Å². The topological polar surface area (TPSA) is 66.6 Å². The minimum atomic E-state index is -0.499. The van der Waals surface area contributed by atoms with Crippen LogP contribution in [0.15, 0.2) is 0 Å². The maximum atomic E-state index is 12.3. The van der Waals surface area contributed by atoms with Crippen LogP contribution in [0, 0.1) is 5.41 Å². The maximum absolute atomic E-state index is 12.3. The standard InChI is InChI=1S/C12H23N3O2/c1-12(7-5-6-9(12)13)11(17)15(4)8-10(16)14(2)3/h9H,5-8,13H2,1-4H3. The number of likely N-dealkylation sites (N-methyl/N-ethyl adjacent to an activating group) is 2. The number of rotatable bonds is 3. The first-order chi connectivity index (χ1) is 7.79. The summed E-state index contributed by atoms with van der Waals surface area (Å²) in [6.07, 6.45) is 2.68. The first-order valence-electron chi connectivity index (χ1n) is 6.00. The molecule has 17 heavy (non-hydrogen) atoms. The first-order valence-corrected chi connectivity index (χ1v) is 6.00. The molecule has 98 valence electrons. The van der Waals surface area contributed by atoms with E-state index in [1.165, 1.54) is 9.80 Å². The van der Waals surface area contributed by atoms with E-state index in [9.17, 15) is 9.59 Å². The third-order valence-electron chi connectivity index (χ3n) is 3.74. The molecule has 0 bridgehead atoms. The van der Waals surface area contributed by atoms with Crippen LogP contribution < -0.4 is 5.73 Å². The molecule has 0 aromatic carbocycles. The Morgan fingerprint density at radius 1 is 1.35 bits per heavy atom. The zero-order chi connectivity index (χ0) is 13.2. The van der Waals surface area contributed by atoms with Gasteiger partial charge >= 0.3 is 0 Å². The molecule has 2 atom stereocenters. The highest BCUT2D eigenvalue weighted by Crippen LogP contribution is 2.38. The van der Waals surface area contributed by atoms with Crippen LogP contribution >= 0.6 is 0 Å². The van der Waals surface area contributed by atoms with Crippen molar-refractivity contribution in [1.29, 1.82) is 0 Å². The molecule has 0 aromatic heterocycles. The van der Waals surface area contributed by atoms with E-state index in [4.69, 9.17) is 5.73 Å². The lowest BCUT2D eigenvalue weighted by Gasteiger charge is -2.32. The van der Waals surface area contributed by atoms with E-state index in [0.29, 0.717) is 0 Å². The summed E-state index contributed by atoms with van der Waals surface area (Å²) in [5.41, 5.74) is 5.50. The Morgan fingerprint density at radius 2 is 1.94 bits per heavy atom. The second kappa shape index (κ2) is 5.04. The molecule has 0 saturated heterocycles. The lowest BCUT2D eigenvalue weighted by Crippen LogP contribution is -2.50. The van der Waals surface area contributed by atoms with Gasteiger partial charge in [0.2, 0.25) is 11.8 Å². The molecule has 5 heteroatoms. The summed E-state index contributed by atoms with van der Waals surface area (Å²) >= 11 is 0. The van der Waals surface area contributed by atoms with Gasteiger partial charge in [-0.05, 0) is 19.8 Å². The zero-order valence-electron chi connectivity index (χ0n) is 11.2. The van der Waals surface area contributed by atoms with Crippen molar-refractivity contribution in [2.24, 2.45) is 11.1 Å². The van der Waals surface area contributed by atoms with Crippen molar-refractivity contribution in [3.05, 3.63) is 0 Å². The van der Waals surface area contributed by atoms with E-state index in [2.05, 4.69) is 0 Å². The fourth-order valence-electron chi connectivity index (χ4n) is 2.31. The first kappa shape index (κ1) is 14.0. The van der Waals surface area contributed by atoms with E-state index in [1.807, 2.05) is 6.92 Å². The zero-order valence-corrected chi connectivity index (χ0v) is 11.2. The summed E-state index contributed by atoms with van der Waals surface area (Å²) in [6, 6.07) is -0.0908. The Kier molecular flexibility index (Phi) is 4.14. The minimum absolute atomic E-state index is 0.0160. The Balaban J connectivity index is 2.66. The Hall–Kier alpha value is -1.10. The van der Waals surface area contributed by atoms with Crippen LogP contribution in [0.25, 0.3) is 0 Å². The molecular weight excluding hydrogens is 218 g/mol. The normalized spacial score (nSPS) is 27.9. The van der Waals surface area contributed by atoms with E-state index in [-0.39, 0.29) is 24.4 Å². The summed E-state index contributed by atoms with van der Waals surface area (Å²) in [7, 11) is 5.04. The van der Waals surface area contributed by atoms with Crippen LogP contribution in [0.4, 0.5) is 0 Å². The highest BCUT2D eigenvalue weighted by Gasteiger charge is 2.44. The number of hydrogen-bond donors (Lipinski definition) is 1. The number of amides is 2. The minimum Gasteiger partial charge on any atom is -0.347 e. The quantitative estimate of drug-likeness (QED) is 0.759. The smallest absolute Gasteiger partial charge is 0.241 e. The number of carbonyl (C=O) groups is 2. The molecule has 1 aliphatic rings. The molecule has 2 unspecified atom stereocenters. The van der Waals surface area contributed by atoms with E-state index in [1.54, 1.807) is 21.1 Å². The van der Waals surface area contributed by atoms with Gasteiger partial charge in [0.25, 0.3) is 0 Å². The number of nitrogens with two attached hydrogens (primary N) is 1. The van der Waals surface area contributed by atoms with Gasteiger partial charge in [0.15, 0.2) is 0 Å². The average molecular weight is 241 g/mol. The SMILES string of the molecule is CN(C)C(=O)CN(C)C(=O)C1(C)CCCC1N. The molecule has 1 aliphatic carbocycles. The van der Waals surface area contributed by atoms with Gasteiger partial charge in [0, 0.05) is 27.2 Å². The van der Waals surface area contributed by atoms with Crippen molar-refractivity contribution in [3.8, 4) is 0 Å². The van der Waals surface area contributed by atoms with E-state index < -0.39 is 5.41 Å². The molecule has 0 aromatic rings. The fourth-order valence-corrected chi connectivity index (χ4v) is 2.31. The molecule has 0 radical (unpaired) electrons. The predicted octanol–water partition coefficient (Wildman–Crippen LogP) is 0.0505. The lowest BCUT2D eigenvalue weighted by atomic mass is 9.83. The van der Waals surface area contributed by atoms with Crippen molar-refractivity contribution in [2.75, 3.05) is 27.7 Å². The molecule has 0 aliphatic heterocycles. The van der Waals surface area contributed by atoms with Crippen LogP contribution in [-0.2, 0) is 9.59 Å². The van der Waals surface area contributed by atoms with Gasteiger partial charge in [0.05, 0.1) is 12.0 Å². The van der Waals surface area contributed by atoms with Gasteiger partial charge < -0.3 is 15.5 Å². The Bertz CT molecular complexity index is 317. The fraction of sp³-hybridized carbons (Fsp3) is 0.833. The maximum Gasteiger partial charge on any atom is 0.241 e. The van der Waals surface area contributed by atoms with Crippen LogP contribution in [0.2, 0.25) is 0 Å². The van der Waals surface area contributed by atoms with Crippen molar-refractivity contribution in [3.63, 3.8) is 0 Å². The third-order valence-corrected chi connectivity index (χ3v) is 3.74. The van der Waals surface area contributed by atoms with Gasteiger partial charge in [-0.15, -0.1) is 0 Å². The molecule has 2 amide bonds. The Morgan fingerprint density at radius 3 is 2.35 bits per heavy atom. The largest absolute Gasteiger partial charge is 0.347 e. The number of carbonyl (C=O) groups excluding carboxylic acids is 2. The van der Waals surface area contributed by atoms with Gasteiger partial charge in [-0.2, -0.15) is 0 Å². The summed E-state index contributed by atoms with van der Waals surface area (Å²) in [5, 5.41) is 0. The summed E-state index contributed by atoms with van der Waals surface area (Å²) in [5.74, 6) is -0.0891. The van der Waals surface area contributed by atoms with Crippen LogP contribution in [0.3, 0.4) is 0 Å². The molecular formula is C12H23N3O2. The van der Waals surface area contributed by atoms with Crippen molar-refractivity contribution >= 4 is 11.8 Å². The second-order valence-corrected chi connectivity index (χ2v) is 5.37. The summed E-state index contributed by atoms with van der Waals surface area (Å²) in [6.45, 7) is 2.03. The molecule has 0 spiro atoms. The van der Waals surface area contributed by atoms with Crippen LogP contribution in [-0.4, -0.2) is 55.3 Å². The average Bonchev–Trinajstić information content (AvgIpc) is 2.59. The third kappa shape index (κ3) is 2.77. The van der Waals surface area contributed by atoms with Gasteiger partial charge in [0.1, 0.15) is 0 Å². The molecule has 1 saturated carbocycles. The highest BCUT2D eigenvalue weighted by molar-refractivity contribution is 5.88. The molecule has 5 nitrogen and oxygen atoms in total. The Labute approximate surface area is 103 Å². The van der Waals surface area contributed by atoms with Gasteiger partial charge in [-0.3, -0.25) is 9.59 Å². The molecule has 2 N–H and O–H groups in total. The van der Waals surface area contributed by atoms with Crippen molar-refractivity contribution in [2.45, 2.75) is 32.2 Å². The van der Waals surface area contributed by atoms with Crippen LogP contribution in [0.5, 0.6) is 0 Å². The van der Waals surface area contributed by atoms with Crippen LogP contribution in [0.1, 0.15) is 26.2 Å². The molecule has 1 rings (SSSR count). The molecule has 0 heterocycles. The van der Waals surface area contributed by atoms with E-state index in [0.717, 1.165) is 19.3 Å². The second-order valence-electron chi connectivity index (χ2n) is 5.37. The highest BCUT2D eigenvalue weighted by atomic mass is 16.2. The molecule has 1 fully saturated rings. The lowest BCUT2D eigenvalue weighted by molar-refractivity contribution is -0.144. The van der Waals surface area contributed by atoms with Gasteiger partial charge in [-0.1, -0.05) is 6.42 Å². The summed E-state index contributed by atoms with van der Waals surface area (Å²) < 4.78 is 0. The predicted molar refractivity (Wildman–Crippen MR) is 66.3 cm³/mol. The number of nitrogens with zero attached hydrogens (tertiary/aromatic N) is 2. The van der Waals surface area contributed by atoms with Crippen molar-refractivity contribution < 1.29 is 9.59 Å². The van der Waals surface area contributed by atoms with E-state index >= 15 is 0 Å². The summed E-state index contributed by atoms with van der Waals surface area (Å²) in [4.78, 5) is 26.9.